The molecule has 0 saturated carbocycles. The summed E-state index contributed by atoms with van der Waals surface area (Å²) < 4.78 is 0. The number of hydrogen-bond acceptors (Lipinski definition) is 4. The zero-order chi connectivity index (χ0) is 37.5. The van der Waals surface area contributed by atoms with Gasteiger partial charge in [-0.3, -0.25) is 0 Å². The molecule has 4 aliphatic rings. The van der Waals surface area contributed by atoms with E-state index < -0.39 is 0 Å². The summed E-state index contributed by atoms with van der Waals surface area (Å²) in [5.74, 6) is 0.406. The number of para-hydroxylation sites is 4. The normalized spacial score (nSPS) is 17.6. The van der Waals surface area contributed by atoms with Crippen LogP contribution in [0.2, 0.25) is 0 Å². The first-order chi connectivity index (χ1) is 27.4. The number of nitrogens with zero attached hydrogens (tertiary/aromatic N) is 2. The van der Waals surface area contributed by atoms with Gasteiger partial charge in [0.25, 0.3) is 0 Å². The van der Waals surface area contributed by atoms with Crippen molar-refractivity contribution in [2.45, 2.75) is 52.2 Å². The first-order valence-corrected chi connectivity index (χ1v) is 21.2. The Morgan fingerprint density at radius 2 is 1.09 bits per heavy atom. The molecule has 2 heterocycles. The van der Waals surface area contributed by atoms with Gasteiger partial charge in [-0.2, -0.15) is 0 Å². The molecule has 270 valence electrons. The summed E-state index contributed by atoms with van der Waals surface area (Å²) in [6.07, 6.45) is 8.14. The zero-order valence-electron chi connectivity index (χ0n) is 31.7. The topological polar surface area (TPSA) is 6.48 Å². The molecule has 0 amide bonds. The van der Waals surface area contributed by atoms with Gasteiger partial charge in [-0.1, -0.05) is 154 Å². The number of anilines is 5. The minimum Gasteiger partial charge on any atom is -0.312 e. The molecule has 0 aromatic heterocycles. The molecule has 56 heavy (non-hydrogen) atoms. The lowest BCUT2D eigenvalue weighted by atomic mass is 9.77. The Morgan fingerprint density at radius 1 is 0.554 bits per heavy atom. The average molecular weight is 757 g/mol. The van der Waals surface area contributed by atoms with Gasteiger partial charge in [-0.05, 0) is 112 Å². The highest BCUT2D eigenvalue weighted by molar-refractivity contribution is 8.00. The van der Waals surface area contributed by atoms with Crippen molar-refractivity contribution >= 4 is 80.5 Å². The molecule has 7 aromatic carbocycles. The number of benzene rings is 7. The molecule has 4 heteroatoms. The van der Waals surface area contributed by atoms with E-state index in [4.69, 9.17) is 0 Å². The van der Waals surface area contributed by atoms with E-state index in [0.29, 0.717) is 5.92 Å². The minimum atomic E-state index is -0.119. The summed E-state index contributed by atoms with van der Waals surface area (Å²) in [7, 11) is 0. The number of allylic oxidation sites excluding steroid dienone is 4. The van der Waals surface area contributed by atoms with Gasteiger partial charge in [-0.25, -0.2) is 0 Å². The van der Waals surface area contributed by atoms with Gasteiger partial charge in [0.05, 0.1) is 28.4 Å². The van der Waals surface area contributed by atoms with Crippen molar-refractivity contribution in [3.63, 3.8) is 0 Å². The Morgan fingerprint density at radius 3 is 1.71 bits per heavy atom. The van der Waals surface area contributed by atoms with Crippen molar-refractivity contribution in [3.05, 3.63) is 191 Å². The molecular weight excluding hydrogens is 717 g/mol. The van der Waals surface area contributed by atoms with Crippen molar-refractivity contribution in [1.82, 2.24) is 0 Å². The number of rotatable bonds is 4. The Hall–Kier alpha value is -5.68. The molecule has 0 N–H and O–H groups in total. The van der Waals surface area contributed by atoms with Crippen molar-refractivity contribution in [3.8, 4) is 0 Å². The van der Waals surface area contributed by atoms with E-state index in [9.17, 15) is 0 Å². The minimum absolute atomic E-state index is 0.119. The predicted octanol–water partition coefficient (Wildman–Crippen LogP) is 15.2. The van der Waals surface area contributed by atoms with Crippen LogP contribution in [0.1, 0.15) is 49.4 Å². The molecule has 11 rings (SSSR count). The highest BCUT2D eigenvalue weighted by Gasteiger charge is 2.42. The van der Waals surface area contributed by atoms with Crippen LogP contribution in [0.25, 0.3) is 28.5 Å². The molecule has 0 bridgehead atoms. The van der Waals surface area contributed by atoms with Crippen LogP contribution < -0.4 is 9.80 Å². The second kappa shape index (κ2) is 12.9. The fraction of sp³-hybridized carbons (Fsp3) is 0.115. The highest BCUT2D eigenvalue weighted by Crippen LogP contribution is 2.57. The van der Waals surface area contributed by atoms with Gasteiger partial charge in [-0.15, -0.1) is 0 Å². The molecule has 7 aromatic rings. The van der Waals surface area contributed by atoms with Crippen LogP contribution in [-0.2, 0) is 5.41 Å². The monoisotopic (exact) mass is 756 g/mol. The van der Waals surface area contributed by atoms with Gasteiger partial charge < -0.3 is 9.80 Å². The molecule has 0 radical (unpaired) electrons. The lowest BCUT2D eigenvalue weighted by Crippen LogP contribution is -2.26. The molecule has 1 unspecified atom stereocenters. The predicted molar refractivity (Wildman–Crippen MR) is 239 cm³/mol. The lowest BCUT2D eigenvalue weighted by Gasteiger charge is -2.38. The van der Waals surface area contributed by atoms with E-state index in [1.54, 1.807) is 0 Å². The summed E-state index contributed by atoms with van der Waals surface area (Å²) in [6.45, 7) is 7.26. The maximum atomic E-state index is 2.53. The van der Waals surface area contributed by atoms with E-state index in [1.807, 2.05) is 23.5 Å². The Kier molecular flexibility index (Phi) is 7.78. The summed E-state index contributed by atoms with van der Waals surface area (Å²) in [4.78, 5) is 10.2. The van der Waals surface area contributed by atoms with Gasteiger partial charge >= 0.3 is 0 Å². The van der Waals surface area contributed by atoms with Gasteiger partial charge in [0, 0.05) is 36.1 Å². The van der Waals surface area contributed by atoms with Crippen LogP contribution in [0.4, 0.5) is 28.4 Å². The lowest BCUT2D eigenvalue weighted by molar-refractivity contribution is 0.634. The van der Waals surface area contributed by atoms with Crippen LogP contribution in [0.3, 0.4) is 0 Å². The van der Waals surface area contributed by atoms with Crippen LogP contribution in [0.5, 0.6) is 0 Å². The molecular formula is C52H40N2S2. The quantitative estimate of drug-likeness (QED) is 0.165. The Balaban J connectivity index is 0.947. The first kappa shape index (κ1) is 33.6. The SMILES string of the molecule is CC1CC(N2c3ccccc3Sc3ccccc32)=CC2=C1c1ccc(C=Cc3cccc4c(N5c6ccccc6Sc6ccccc65)cccc34)cc1C2(C)C. The molecule has 2 aliphatic heterocycles. The van der Waals surface area contributed by atoms with Crippen molar-refractivity contribution in [2.24, 2.45) is 5.92 Å². The van der Waals surface area contributed by atoms with Crippen LogP contribution in [0, 0.1) is 5.92 Å². The summed E-state index contributed by atoms with van der Waals surface area (Å²) in [6, 6.07) is 55.8. The van der Waals surface area contributed by atoms with Crippen molar-refractivity contribution in [2.75, 3.05) is 9.80 Å². The van der Waals surface area contributed by atoms with Gasteiger partial charge in [0.15, 0.2) is 0 Å². The van der Waals surface area contributed by atoms with Gasteiger partial charge in [0.2, 0.25) is 0 Å². The maximum Gasteiger partial charge on any atom is 0.0601 e. The largest absolute Gasteiger partial charge is 0.312 e. The van der Waals surface area contributed by atoms with E-state index in [2.05, 4.69) is 200 Å². The maximum absolute atomic E-state index is 2.53. The van der Waals surface area contributed by atoms with Crippen LogP contribution in [0.15, 0.2) is 189 Å². The Labute approximate surface area is 337 Å². The van der Waals surface area contributed by atoms with Crippen LogP contribution >= 0.6 is 23.5 Å². The highest BCUT2D eigenvalue weighted by atomic mass is 32.2. The molecule has 2 nitrogen and oxygen atoms in total. The van der Waals surface area contributed by atoms with E-state index >= 15 is 0 Å². The van der Waals surface area contributed by atoms with E-state index in [1.165, 1.54) is 97.9 Å². The molecule has 0 fully saturated rings. The second-order valence-corrected chi connectivity index (χ2v) is 18.0. The van der Waals surface area contributed by atoms with E-state index in [0.717, 1.165) is 6.42 Å². The average Bonchev–Trinajstić information content (AvgIpc) is 3.46. The fourth-order valence-corrected chi connectivity index (χ4v) is 11.6. The Bertz CT molecular complexity index is 2770. The molecule has 2 aliphatic carbocycles. The third-order valence-corrected chi connectivity index (χ3v) is 14.3. The summed E-state index contributed by atoms with van der Waals surface area (Å²) in [5.41, 5.74) is 15.7. The van der Waals surface area contributed by atoms with Crippen LogP contribution in [-0.4, -0.2) is 0 Å². The van der Waals surface area contributed by atoms with E-state index in [-0.39, 0.29) is 5.41 Å². The third-order valence-electron chi connectivity index (χ3n) is 12.1. The smallest absolute Gasteiger partial charge is 0.0601 e. The van der Waals surface area contributed by atoms with Gasteiger partial charge in [0.1, 0.15) is 0 Å². The summed E-state index contributed by atoms with van der Waals surface area (Å²) >= 11 is 3.73. The third kappa shape index (κ3) is 5.19. The van der Waals surface area contributed by atoms with Crippen molar-refractivity contribution in [1.29, 1.82) is 0 Å². The second-order valence-electron chi connectivity index (χ2n) is 15.8. The molecule has 0 spiro atoms. The van der Waals surface area contributed by atoms with Crippen molar-refractivity contribution < 1.29 is 0 Å². The standard InChI is InChI=1S/C52H40N2S2/c1-33-30-36(53-43-17-4-8-22-47(43)55-48-23-9-5-18-44(48)53)32-41-51(33)39-29-27-34(31-40(39)52(41,2)3)26-28-35-14-12-16-38-37(35)15-13-21-42(38)54-45-19-6-10-24-49(45)56-50-25-11-7-20-46(50)54/h4-29,31-33H,30H2,1-3H3. The number of fused-ring (bicyclic) bond motifs is 7. The first-order valence-electron chi connectivity index (χ1n) is 19.6. The molecule has 1 atom stereocenters. The summed E-state index contributed by atoms with van der Waals surface area (Å²) in [5, 5.41) is 2.49. The fourth-order valence-electron chi connectivity index (χ4n) is 9.45. The molecule has 0 saturated heterocycles. The zero-order valence-corrected chi connectivity index (χ0v) is 33.3. The number of hydrogen-bond donors (Lipinski definition) is 0.